The summed E-state index contributed by atoms with van der Waals surface area (Å²) in [6, 6.07) is 14.7. The third-order valence-electron chi connectivity index (χ3n) is 3.15. The standard InChI is InChI=1S/C16H20N2O/c1-17-10-11-18-16(19)9-7-13-6-8-14-4-2-3-5-15(14)12-13/h2-6,8,12,17H,7,9-11H2,1H3,(H,18,19). The number of hydrogen-bond acceptors (Lipinski definition) is 2. The number of hydrogen-bond donors (Lipinski definition) is 2. The van der Waals surface area contributed by atoms with Gasteiger partial charge < -0.3 is 10.6 Å². The molecule has 2 N–H and O–H groups in total. The molecule has 0 atom stereocenters. The first kappa shape index (κ1) is 13.6. The van der Waals surface area contributed by atoms with Crippen molar-refractivity contribution in [3.05, 3.63) is 48.0 Å². The van der Waals surface area contributed by atoms with E-state index in [1.807, 2.05) is 19.2 Å². The molecule has 19 heavy (non-hydrogen) atoms. The third kappa shape index (κ3) is 4.07. The average molecular weight is 256 g/mol. The summed E-state index contributed by atoms with van der Waals surface area (Å²) in [6.07, 6.45) is 1.33. The van der Waals surface area contributed by atoms with Crippen LogP contribution in [-0.4, -0.2) is 26.0 Å². The largest absolute Gasteiger partial charge is 0.355 e. The van der Waals surface area contributed by atoms with E-state index in [1.165, 1.54) is 16.3 Å². The minimum absolute atomic E-state index is 0.114. The maximum Gasteiger partial charge on any atom is 0.220 e. The van der Waals surface area contributed by atoms with Crippen molar-refractivity contribution in [3.63, 3.8) is 0 Å². The molecule has 0 aromatic heterocycles. The number of carbonyl (C=O) groups is 1. The predicted molar refractivity (Wildman–Crippen MR) is 79.2 cm³/mol. The van der Waals surface area contributed by atoms with Crippen molar-refractivity contribution in [3.8, 4) is 0 Å². The molecule has 0 fully saturated rings. The fourth-order valence-electron chi connectivity index (χ4n) is 2.07. The van der Waals surface area contributed by atoms with Crippen LogP contribution in [0.5, 0.6) is 0 Å². The lowest BCUT2D eigenvalue weighted by molar-refractivity contribution is -0.121. The SMILES string of the molecule is CNCCNC(=O)CCc1ccc2ccccc2c1. The maximum atomic E-state index is 11.6. The molecule has 0 aliphatic rings. The first-order valence-electron chi connectivity index (χ1n) is 6.68. The smallest absolute Gasteiger partial charge is 0.220 e. The minimum atomic E-state index is 0.114. The van der Waals surface area contributed by atoms with Crippen molar-refractivity contribution in [2.45, 2.75) is 12.8 Å². The molecule has 100 valence electrons. The average Bonchev–Trinajstić information content (AvgIpc) is 2.45. The van der Waals surface area contributed by atoms with E-state index in [2.05, 4.69) is 41.0 Å². The zero-order chi connectivity index (χ0) is 13.5. The molecule has 0 bridgehead atoms. The highest BCUT2D eigenvalue weighted by atomic mass is 16.1. The molecule has 0 aliphatic carbocycles. The second-order valence-corrected chi connectivity index (χ2v) is 4.64. The number of aryl methyl sites for hydroxylation is 1. The quantitative estimate of drug-likeness (QED) is 0.777. The van der Waals surface area contributed by atoms with Crippen LogP contribution in [-0.2, 0) is 11.2 Å². The summed E-state index contributed by atoms with van der Waals surface area (Å²) < 4.78 is 0. The molecule has 0 heterocycles. The second-order valence-electron chi connectivity index (χ2n) is 4.64. The Bertz CT molecular complexity index is 551. The summed E-state index contributed by atoms with van der Waals surface area (Å²) in [6.45, 7) is 1.49. The molecular weight excluding hydrogens is 236 g/mol. The van der Waals surface area contributed by atoms with Crippen molar-refractivity contribution < 1.29 is 4.79 Å². The van der Waals surface area contributed by atoms with E-state index in [0.717, 1.165) is 13.0 Å². The number of fused-ring (bicyclic) bond motifs is 1. The third-order valence-corrected chi connectivity index (χ3v) is 3.15. The molecule has 0 saturated carbocycles. The number of benzene rings is 2. The molecule has 2 rings (SSSR count). The van der Waals surface area contributed by atoms with E-state index in [1.54, 1.807) is 0 Å². The van der Waals surface area contributed by atoms with E-state index < -0.39 is 0 Å². The topological polar surface area (TPSA) is 41.1 Å². The summed E-state index contributed by atoms with van der Waals surface area (Å²) in [5.41, 5.74) is 1.21. The highest BCUT2D eigenvalue weighted by molar-refractivity contribution is 5.83. The van der Waals surface area contributed by atoms with Gasteiger partial charge in [0.2, 0.25) is 5.91 Å². The molecule has 1 amide bonds. The predicted octanol–water partition coefficient (Wildman–Crippen LogP) is 2.11. The lowest BCUT2D eigenvalue weighted by Gasteiger charge is -2.06. The van der Waals surface area contributed by atoms with Crippen LogP contribution in [0.3, 0.4) is 0 Å². The molecule has 0 radical (unpaired) electrons. The van der Waals surface area contributed by atoms with Gasteiger partial charge in [0.15, 0.2) is 0 Å². The highest BCUT2D eigenvalue weighted by Crippen LogP contribution is 2.16. The van der Waals surface area contributed by atoms with Crippen LogP contribution in [0, 0.1) is 0 Å². The zero-order valence-electron chi connectivity index (χ0n) is 11.3. The van der Waals surface area contributed by atoms with Gasteiger partial charge in [-0.15, -0.1) is 0 Å². The summed E-state index contributed by atoms with van der Waals surface area (Å²) in [5, 5.41) is 8.36. The lowest BCUT2D eigenvalue weighted by atomic mass is 10.0. The summed E-state index contributed by atoms with van der Waals surface area (Å²) in [4.78, 5) is 11.6. The maximum absolute atomic E-state index is 11.6. The van der Waals surface area contributed by atoms with Gasteiger partial charge in [-0.2, -0.15) is 0 Å². The number of rotatable bonds is 6. The fraction of sp³-hybridized carbons (Fsp3) is 0.312. The van der Waals surface area contributed by atoms with Gasteiger partial charge >= 0.3 is 0 Å². The van der Waals surface area contributed by atoms with Crippen molar-refractivity contribution in [1.29, 1.82) is 0 Å². The fourth-order valence-corrected chi connectivity index (χ4v) is 2.07. The van der Waals surface area contributed by atoms with E-state index in [0.29, 0.717) is 13.0 Å². The van der Waals surface area contributed by atoms with Gasteiger partial charge in [-0.05, 0) is 29.8 Å². The molecule has 2 aromatic carbocycles. The van der Waals surface area contributed by atoms with Gasteiger partial charge in [0, 0.05) is 19.5 Å². The highest BCUT2D eigenvalue weighted by Gasteiger charge is 2.02. The minimum Gasteiger partial charge on any atom is -0.355 e. The van der Waals surface area contributed by atoms with Gasteiger partial charge in [0.25, 0.3) is 0 Å². The van der Waals surface area contributed by atoms with Gasteiger partial charge in [-0.1, -0.05) is 42.5 Å². The van der Waals surface area contributed by atoms with Crippen LogP contribution in [0.1, 0.15) is 12.0 Å². The van der Waals surface area contributed by atoms with Gasteiger partial charge in [-0.3, -0.25) is 4.79 Å². The summed E-state index contributed by atoms with van der Waals surface area (Å²) in [7, 11) is 1.88. The van der Waals surface area contributed by atoms with Crippen LogP contribution >= 0.6 is 0 Å². The van der Waals surface area contributed by atoms with Crippen molar-refractivity contribution in [2.75, 3.05) is 20.1 Å². The Morgan fingerprint density at radius 3 is 2.63 bits per heavy atom. The molecule has 3 nitrogen and oxygen atoms in total. The van der Waals surface area contributed by atoms with Crippen molar-refractivity contribution in [2.24, 2.45) is 0 Å². The molecule has 0 unspecified atom stereocenters. The van der Waals surface area contributed by atoms with Gasteiger partial charge in [0.05, 0.1) is 0 Å². The summed E-state index contributed by atoms with van der Waals surface area (Å²) in [5.74, 6) is 0.114. The number of carbonyl (C=O) groups excluding carboxylic acids is 1. The Balaban J connectivity index is 1.89. The number of nitrogens with one attached hydrogen (secondary N) is 2. The van der Waals surface area contributed by atoms with Crippen LogP contribution in [0.4, 0.5) is 0 Å². The van der Waals surface area contributed by atoms with Gasteiger partial charge in [-0.25, -0.2) is 0 Å². The van der Waals surface area contributed by atoms with Crippen LogP contribution in [0.25, 0.3) is 10.8 Å². The Kier molecular flexibility index (Phi) is 4.93. The molecule has 0 spiro atoms. The van der Waals surface area contributed by atoms with Crippen molar-refractivity contribution >= 4 is 16.7 Å². The zero-order valence-corrected chi connectivity index (χ0v) is 11.3. The Hall–Kier alpha value is -1.87. The second kappa shape index (κ2) is 6.90. The first-order valence-corrected chi connectivity index (χ1v) is 6.68. The Morgan fingerprint density at radius 1 is 1.05 bits per heavy atom. The molecule has 0 aliphatic heterocycles. The monoisotopic (exact) mass is 256 g/mol. The molecule has 2 aromatic rings. The Labute approximate surface area is 114 Å². The first-order chi connectivity index (χ1) is 9.29. The van der Waals surface area contributed by atoms with E-state index in [9.17, 15) is 4.79 Å². The van der Waals surface area contributed by atoms with Crippen LogP contribution < -0.4 is 10.6 Å². The van der Waals surface area contributed by atoms with E-state index >= 15 is 0 Å². The van der Waals surface area contributed by atoms with E-state index in [-0.39, 0.29) is 5.91 Å². The summed E-state index contributed by atoms with van der Waals surface area (Å²) >= 11 is 0. The normalized spacial score (nSPS) is 10.6. The number of likely N-dealkylation sites (N-methyl/N-ethyl adjacent to an activating group) is 1. The number of amides is 1. The van der Waals surface area contributed by atoms with Crippen molar-refractivity contribution in [1.82, 2.24) is 10.6 Å². The Morgan fingerprint density at radius 2 is 1.84 bits per heavy atom. The lowest BCUT2D eigenvalue weighted by Crippen LogP contribution is -2.30. The van der Waals surface area contributed by atoms with Gasteiger partial charge in [0.1, 0.15) is 0 Å². The van der Waals surface area contributed by atoms with Crippen LogP contribution in [0.15, 0.2) is 42.5 Å². The van der Waals surface area contributed by atoms with E-state index in [4.69, 9.17) is 0 Å². The molecular formula is C16H20N2O. The molecule has 3 heteroatoms. The van der Waals surface area contributed by atoms with Crippen LogP contribution in [0.2, 0.25) is 0 Å². The molecule has 0 saturated heterocycles.